The lowest BCUT2D eigenvalue weighted by molar-refractivity contribution is 0.0696. The van der Waals surface area contributed by atoms with Crippen molar-refractivity contribution >= 4 is 22.6 Å². The van der Waals surface area contributed by atoms with Gasteiger partial charge in [0.25, 0.3) is 0 Å². The highest BCUT2D eigenvalue weighted by atomic mass is 32.2. The zero-order valence-electron chi connectivity index (χ0n) is 10.7. The van der Waals surface area contributed by atoms with Crippen LogP contribution in [-0.4, -0.2) is 44.0 Å². The minimum absolute atomic E-state index is 0.153. The number of carbonyl (C=O) groups is 1. The summed E-state index contributed by atoms with van der Waals surface area (Å²) < 4.78 is 10.9. The number of anilines is 1. The van der Waals surface area contributed by atoms with Crippen molar-refractivity contribution in [3.8, 4) is 0 Å². The predicted octanol–water partition coefficient (Wildman–Crippen LogP) is 0.972. The van der Waals surface area contributed by atoms with Gasteiger partial charge in [0.05, 0.1) is 5.69 Å². The molecule has 7 heteroatoms. The van der Waals surface area contributed by atoms with Crippen LogP contribution in [0.2, 0.25) is 0 Å². The number of hydrogen-bond donors (Lipinski definition) is 2. The summed E-state index contributed by atoms with van der Waals surface area (Å²) >= 11 is 0. The van der Waals surface area contributed by atoms with Gasteiger partial charge in [0.1, 0.15) is 5.56 Å². The smallest absolute Gasteiger partial charge is 0.339 e. The van der Waals surface area contributed by atoms with Crippen LogP contribution in [0.1, 0.15) is 28.0 Å². The Kier molecular flexibility index (Phi) is 5.21. The number of hydrogen-bond acceptors (Lipinski definition) is 5. The van der Waals surface area contributed by atoms with Gasteiger partial charge in [-0.15, -0.1) is 5.10 Å². The largest absolute Gasteiger partial charge is 0.478 e. The molecular weight excluding hydrogens is 254 g/mol. The molecule has 1 aromatic heterocycles. The quantitative estimate of drug-likeness (QED) is 0.749. The lowest BCUT2D eigenvalue weighted by atomic mass is 10.1. The Morgan fingerprint density at radius 3 is 2.61 bits per heavy atom. The van der Waals surface area contributed by atoms with Gasteiger partial charge in [-0.25, -0.2) is 4.79 Å². The Labute approximate surface area is 108 Å². The van der Waals surface area contributed by atoms with Crippen LogP contribution in [0.25, 0.3) is 0 Å². The molecule has 0 spiro atoms. The molecule has 1 aromatic rings. The van der Waals surface area contributed by atoms with E-state index in [4.69, 9.17) is 5.11 Å². The predicted molar refractivity (Wildman–Crippen MR) is 70.5 cm³/mol. The normalized spacial score (nSPS) is 12.2. The van der Waals surface area contributed by atoms with E-state index in [2.05, 4.69) is 15.5 Å². The molecule has 0 aliphatic heterocycles. The number of carboxylic acid groups (broad SMARTS) is 1. The first kappa shape index (κ1) is 14.6. The highest BCUT2D eigenvalue weighted by Crippen LogP contribution is 2.18. The molecule has 2 N–H and O–H groups in total. The minimum atomic E-state index is -1.02. The molecule has 100 valence electrons. The first-order chi connectivity index (χ1) is 8.43. The molecule has 1 heterocycles. The van der Waals surface area contributed by atoms with Crippen molar-refractivity contribution in [3.05, 3.63) is 16.8 Å². The molecule has 0 radical (unpaired) electrons. The molecule has 18 heavy (non-hydrogen) atoms. The van der Waals surface area contributed by atoms with E-state index < -0.39 is 16.8 Å². The number of nitrogens with zero attached hydrogens (tertiary/aromatic N) is 2. The Hall–Kier alpha value is -1.50. The summed E-state index contributed by atoms with van der Waals surface area (Å²) in [6, 6.07) is 0. The van der Waals surface area contributed by atoms with Crippen LogP contribution in [0.15, 0.2) is 0 Å². The van der Waals surface area contributed by atoms with Crippen molar-refractivity contribution in [1.82, 2.24) is 10.2 Å². The van der Waals surface area contributed by atoms with E-state index in [0.29, 0.717) is 30.0 Å². The van der Waals surface area contributed by atoms with Crippen LogP contribution in [0, 0.1) is 13.8 Å². The van der Waals surface area contributed by atoms with Gasteiger partial charge in [0.15, 0.2) is 5.82 Å². The fourth-order valence-corrected chi connectivity index (χ4v) is 2.03. The van der Waals surface area contributed by atoms with Crippen molar-refractivity contribution in [2.24, 2.45) is 0 Å². The maximum absolute atomic E-state index is 11.2. The number of aromatic carboxylic acids is 1. The van der Waals surface area contributed by atoms with Gasteiger partial charge in [-0.1, -0.05) is 0 Å². The lowest BCUT2D eigenvalue weighted by Gasteiger charge is -2.10. The van der Waals surface area contributed by atoms with Crippen molar-refractivity contribution in [2.45, 2.75) is 20.3 Å². The summed E-state index contributed by atoms with van der Waals surface area (Å²) in [7, 11) is -0.838. The Balaban J connectivity index is 2.79. The first-order valence-corrected chi connectivity index (χ1v) is 7.27. The van der Waals surface area contributed by atoms with E-state index in [1.54, 1.807) is 20.1 Å². The SMILES string of the molecule is Cc1nnc(NCCCS(C)=O)c(C(=O)O)c1C. The molecule has 0 saturated heterocycles. The fraction of sp³-hybridized carbons (Fsp3) is 0.545. The second-order valence-corrected chi connectivity index (χ2v) is 5.55. The topological polar surface area (TPSA) is 92.2 Å². The maximum Gasteiger partial charge on any atom is 0.339 e. The van der Waals surface area contributed by atoms with Crippen LogP contribution in [-0.2, 0) is 10.8 Å². The van der Waals surface area contributed by atoms with E-state index in [9.17, 15) is 9.00 Å². The number of nitrogens with one attached hydrogen (secondary N) is 1. The Morgan fingerprint density at radius 1 is 1.39 bits per heavy atom. The fourth-order valence-electron chi connectivity index (χ4n) is 1.48. The van der Waals surface area contributed by atoms with Gasteiger partial charge < -0.3 is 10.4 Å². The van der Waals surface area contributed by atoms with E-state index in [-0.39, 0.29) is 11.4 Å². The van der Waals surface area contributed by atoms with Crippen molar-refractivity contribution in [1.29, 1.82) is 0 Å². The van der Waals surface area contributed by atoms with Crippen LogP contribution >= 0.6 is 0 Å². The van der Waals surface area contributed by atoms with Gasteiger partial charge in [0, 0.05) is 29.4 Å². The van der Waals surface area contributed by atoms with Crippen LogP contribution in [0.5, 0.6) is 0 Å². The van der Waals surface area contributed by atoms with Crippen LogP contribution in [0.4, 0.5) is 5.82 Å². The van der Waals surface area contributed by atoms with Crippen molar-refractivity contribution in [3.63, 3.8) is 0 Å². The molecule has 6 nitrogen and oxygen atoms in total. The van der Waals surface area contributed by atoms with Gasteiger partial charge in [-0.3, -0.25) is 4.21 Å². The summed E-state index contributed by atoms with van der Waals surface area (Å²) in [6.07, 6.45) is 2.33. The monoisotopic (exact) mass is 271 g/mol. The second kappa shape index (κ2) is 6.44. The van der Waals surface area contributed by atoms with Gasteiger partial charge in [-0.2, -0.15) is 5.10 Å². The molecule has 1 atom stereocenters. The second-order valence-electron chi connectivity index (χ2n) is 4.00. The van der Waals surface area contributed by atoms with Gasteiger partial charge >= 0.3 is 5.97 Å². The summed E-state index contributed by atoms with van der Waals surface area (Å²) in [5, 5.41) is 19.8. The number of aryl methyl sites for hydroxylation is 1. The Bertz CT molecular complexity index is 477. The number of rotatable bonds is 6. The summed E-state index contributed by atoms with van der Waals surface area (Å²) in [6.45, 7) is 3.95. The van der Waals surface area contributed by atoms with Crippen molar-refractivity contribution < 1.29 is 14.1 Å². The molecule has 0 aliphatic carbocycles. The molecule has 0 saturated carbocycles. The van der Waals surface area contributed by atoms with E-state index in [0.717, 1.165) is 0 Å². The van der Waals surface area contributed by atoms with Gasteiger partial charge in [-0.05, 0) is 25.8 Å². The summed E-state index contributed by atoms with van der Waals surface area (Å²) in [5.74, 6) is -0.173. The molecule has 1 rings (SSSR count). The molecule has 0 fully saturated rings. The zero-order valence-corrected chi connectivity index (χ0v) is 11.5. The highest BCUT2D eigenvalue weighted by Gasteiger charge is 2.17. The average Bonchev–Trinajstić information content (AvgIpc) is 2.28. The van der Waals surface area contributed by atoms with E-state index in [1.807, 2.05) is 0 Å². The molecular formula is C11H17N3O3S. The van der Waals surface area contributed by atoms with Gasteiger partial charge in [0.2, 0.25) is 0 Å². The highest BCUT2D eigenvalue weighted by molar-refractivity contribution is 7.84. The van der Waals surface area contributed by atoms with E-state index >= 15 is 0 Å². The number of carboxylic acids is 1. The first-order valence-electron chi connectivity index (χ1n) is 5.54. The third-order valence-electron chi connectivity index (χ3n) is 2.57. The lowest BCUT2D eigenvalue weighted by Crippen LogP contribution is -2.14. The van der Waals surface area contributed by atoms with Crippen LogP contribution < -0.4 is 5.32 Å². The zero-order chi connectivity index (χ0) is 13.7. The molecule has 1 unspecified atom stereocenters. The molecule has 0 aliphatic rings. The third-order valence-corrected chi connectivity index (χ3v) is 3.43. The minimum Gasteiger partial charge on any atom is -0.478 e. The summed E-state index contributed by atoms with van der Waals surface area (Å²) in [5.41, 5.74) is 1.37. The summed E-state index contributed by atoms with van der Waals surface area (Å²) in [4.78, 5) is 11.2. The molecule has 0 aromatic carbocycles. The molecule has 0 bridgehead atoms. The Morgan fingerprint density at radius 2 is 2.06 bits per heavy atom. The van der Waals surface area contributed by atoms with Crippen molar-refractivity contribution in [2.75, 3.05) is 23.9 Å². The van der Waals surface area contributed by atoms with Crippen LogP contribution in [0.3, 0.4) is 0 Å². The standard InChI is InChI=1S/C11H17N3O3S/c1-7-8(2)13-14-10(9(7)11(15)16)12-5-4-6-18(3)17/h4-6H2,1-3H3,(H,12,14)(H,15,16). The average molecular weight is 271 g/mol. The maximum atomic E-state index is 11.2. The number of aromatic nitrogens is 2. The van der Waals surface area contributed by atoms with E-state index in [1.165, 1.54) is 0 Å². The third kappa shape index (κ3) is 3.76. The molecule has 0 amide bonds.